The van der Waals surface area contributed by atoms with Crippen molar-refractivity contribution in [3.8, 4) is 6.07 Å². The number of nitrogens with zero attached hydrogens (tertiary/aromatic N) is 1. The molecule has 0 unspecified atom stereocenters. The lowest BCUT2D eigenvalue weighted by molar-refractivity contribution is -0.222. The van der Waals surface area contributed by atoms with Gasteiger partial charge >= 0.3 is 11.9 Å². The SMILES string of the molecule is CC1(C)OC(=O)C(=CNc2c(Cl)cc(Br)c(F)c2C#N)C(=O)O1. The Hall–Kier alpha value is -2.11. The van der Waals surface area contributed by atoms with E-state index in [4.69, 9.17) is 26.3 Å². The van der Waals surface area contributed by atoms with Gasteiger partial charge in [-0.05, 0) is 22.0 Å². The van der Waals surface area contributed by atoms with Crippen molar-refractivity contribution in [3.63, 3.8) is 0 Å². The van der Waals surface area contributed by atoms with Crippen molar-refractivity contribution in [2.24, 2.45) is 0 Å². The molecular weight excluding hydrogens is 395 g/mol. The first-order chi connectivity index (χ1) is 10.7. The van der Waals surface area contributed by atoms with Crippen LogP contribution in [0.5, 0.6) is 0 Å². The highest BCUT2D eigenvalue weighted by atomic mass is 79.9. The van der Waals surface area contributed by atoms with Gasteiger partial charge in [-0.2, -0.15) is 5.26 Å². The summed E-state index contributed by atoms with van der Waals surface area (Å²) in [6.07, 6.45) is 0.954. The summed E-state index contributed by atoms with van der Waals surface area (Å²) in [5.74, 6) is -4.02. The molecule has 0 bridgehead atoms. The van der Waals surface area contributed by atoms with Crippen LogP contribution in [0.4, 0.5) is 10.1 Å². The third-order valence-electron chi connectivity index (χ3n) is 2.76. The quantitative estimate of drug-likeness (QED) is 0.353. The van der Waals surface area contributed by atoms with Crippen molar-refractivity contribution in [2.75, 3.05) is 5.32 Å². The minimum atomic E-state index is -1.37. The largest absolute Gasteiger partial charge is 0.419 e. The molecule has 120 valence electrons. The Kier molecular flexibility index (Phi) is 4.63. The second kappa shape index (κ2) is 6.18. The molecule has 2 rings (SSSR count). The summed E-state index contributed by atoms with van der Waals surface area (Å²) >= 11 is 8.88. The van der Waals surface area contributed by atoms with Crippen molar-refractivity contribution < 1.29 is 23.5 Å². The van der Waals surface area contributed by atoms with E-state index in [1.807, 2.05) is 0 Å². The van der Waals surface area contributed by atoms with Gasteiger partial charge in [0.2, 0.25) is 0 Å². The zero-order valence-electron chi connectivity index (χ0n) is 11.9. The van der Waals surface area contributed by atoms with E-state index in [9.17, 15) is 14.0 Å². The molecule has 1 aliphatic heterocycles. The number of halogens is 3. The highest BCUT2D eigenvalue weighted by molar-refractivity contribution is 9.10. The van der Waals surface area contributed by atoms with E-state index in [-0.39, 0.29) is 20.7 Å². The maximum atomic E-state index is 13.9. The molecule has 0 spiro atoms. The maximum absolute atomic E-state index is 13.9. The summed E-state index contributed by atoms with van der Waals surface area (Å²) in [5, 5.41) is 11.5. The normalized spacial score (nSPS) is 16.3. The van der Waals surface area contributed by atoms with Crippen LogP contribution in [0.2, 0.25) is 5.02 Å². The van der Waals surface area contributed by atoms with Crippen LogP contribution in [0.3, 0.4) is 0 Å². The Morgan fingerprint density at radius 3 is 2.48 bits per heavy atom. The van der Waals surface area contributed by atoms with E-state index in [2.05, 4.69) is 21.2 Å². The summed E-state index contributed by atoms with van der Waals surface area (Å²) in [6, 6.07) is 2.89. The number of hydrogen-bond donors (Lipinski definition) is 1. The van der Waals surface area contributed by atoms with Gasteiger partial charge in [-0.25, -0.2) is 14.0 Å². The fourth-order valence-corrected chi connectivity index (χ4v) is 2.58. The first-order valence-corrected chi connectivity index (χ1v) is 7.34. The lowest BCUT2D eigenvalue weighted by Crippen LogP contribution is -2.42. The Balaban J connectivity index is 2.38. The van der Waals surface area contributed by atoms with E-state index >= 15 is 0 Å². The number of carbonyl (C=O) groups is 2. The van der Waals surface area contributed by atoms with Gasteiger partial charge in [0, 0.05) is 20.0 Å². The number of ether oxygens (including phenoxy) is 2. The highest BCUT2D eigenvalue weighted by Crippen LogP contribution is 2.33. The Morgan fingerprint density at radius 2 is 1.96 bits per heavy atom. The number of esters is 2. The van der Waals surface area contributed by atoms with Gasteiger partial charge < -0.3 is 14.8 Å². The van der Waals surface area contributed by atoms with Gasteiger partial charge in [-0.15, -0.1) is 0 Å². The zero-order valence-corrected chi connectivity index (χ0v) is 14.2. The van der Waals surface area contributed by atoms with E-state index in [0.717, 1.165) is 6.20 Å². The molecule has 1 aliphatic rings. The topological polar surface area (TPSA) is 88.4 Å². The van der Waals surface area contributed by atoms with Crippen molar-refractivity contribution in [1.29, 1.82) is 5.26 Å². The Morgan fingerprint density at radius 1 is 1.39 bits per heavy atom. The molecule has 0 amide bonds. The van der Waals surface area contributed by atoms with E-state index in [0.29, 0.717) is 0 Å². The molecule has 0 radical (unpaired) electrons. The predicted molar refractivity (Wildman–Crippen MR) is 81.8 cm³/mol. The first kappa shape index (κ1) is 17.2. The van der Waals surface area contributed by atoms with Crippen LogP contribution >= 0.6 is 27.5 Å². The van der Waals surface area contributed by atoms with Crippen LogP contribution in [-0.4, -0.2) is 17.7 Å². The zero-order chi connectivity index (χ0) is 17.4. The molecule has 1 aromatic rings. The molecule has 6 nitrogen and oxygen atoms in total. The highest BCUT2D eigenvalue weighted by Gasteiger charge is 2.39. The summed E-state index contributed by atoms with van der Waals surface area (Å²) in [4.78, 5) is 23.6. The maximum Gasteiger partial charge on any atom is 0.350 e. The molecule has 0 saturated carbocycles. The summed E-state index contributed by atoms with van der Waals surface area (Å²) in [7, 11) is 0. The van der Waals surface area contributed by atoms with Crippen LogP contribution in [-0.2, 0) is 19.1 Å². The average molecular weight is 404 g/mol. The first-order valence-electron chi connectivity index (χ1n) is 6.17. The summed E-state index contributed by atoms with van der Waals surface area (Å²) in [6.45, 7) is 2.81. The van der Waals surface area contributed by atoms with Crippen molar-refractivity contribution in [1.82, 2.24) is 0 Å². The third kappa shape index (κ3) is 3.46. The molecule has 0 aliphatic carbocycles. The van der Waals surface area contributed by atoms with Gasteiger partial charge in [0.15, 0.2) is 11.4 Å². The predicted octanol–water partition coefficient (Wildman–Crippen LogP) is 3.25. The Labute approximate surface area is 143 Å². The minimum Gasteiger partial charge on any atom is -0.419 e. The summed E-state index contributed by atoms with van der Waals surface area (Å²) in [5.41, 5.74) is -0.903. The number of benzene rings is 1. The molecule has 0 aromatic heterocycles. The van der Waals surface area contributed by atoms with Crippen LogP contribution in [0.15, 0.2) is 22.3 Å². The molecular formula is C14H9BrClFN2O4. The molecule has 1 aromatic carbocycles. The minimum absolute atomic E-state index is 0.00971. The molecule has 1 fully saturated rings. The standard InChI is InChI=1S/C14H9BrClFN2O4/c1-14(2)22-12(20)7(13(21)23-14)5-19-11-6(4-18)10(17)8(15)3-9(11)16/h3,5,19H,1-2H3. The van der Waals surface area contributed by atoms with Gasteiger partial charge in [0.05, 0.1) is 15.2 Å². The van der Waals surface area contributed by atoms with E-state index in [1.165, 1.54) is 19.9 Å². The van der Waals surface area contributed by atoms with Gasteiger partial charge in [-0.1, -0.05) is 11.6 Å². The van der Waals surface area contributed by atoms with Gasteiger partial charge in [-0.3, -0.25) is 0 Å². The fourth-order valence-electron chi connectivity index (χ4n) is 1.76. The fraction of sp³-hybridized carbons (Fsp3) is 0.214. The van der Waals surface area contributed by atoms with Gasteiger partial charge in [0.1, 0.15) is 11.6 Å². The number of carbonyl (C=O) groups excluding carboxylic acids is 2. The second-order valence-corrected chi connectivity index (χ2v) is 6.16. The molecule has 1 N–H and O–H groups in total. The smallest absolute Gasteiger partial charge is 0.350 e. The second-order valence-electron chi connectivity index (χ2n) is 4.90. The Bertz CT molecular complexity index is 764. The number of nitrogens with one attached hydrogen (secondary N) is 1. The van der Waals surface area contributed by atoms with E-state index < -0.39 is 29.1 Å². The lowest BCUT2D eigenvalue weighted by atomic mass is 10.1. The number of anilines is 1. The van der Waals surface area contributed by atoms with E-state index in [1.54, 1.807) is 6.07 Å². The number of nitriles is 1. The molecule has 23 heavy (non-hydrogen) atoms. The molecule has 0 atom stereocenters. The number of rotatable bonds is 2. The van der Waals surface area contributed by atoms with Crippen LogP contribution in [0, 0.1) is 17.1 Å². The van der Waals surface area contributed by atoms with Crippen molar-refractivity contribution >= 4 is 45.2 Å². The monoisotopic (exact) mass is 402 g/mol. The number of hydrogen-bond acceptors (Lipinski definition) is 6. The molecule has 1 heterocycles. The molecule has 9 heteroatoms. The number of cyclic esters (lactones) is 2. The van der Waals surface area contributed by atoms with Crippen LogP contribution in [0.25, 0.3) is 0 Å². The van der Waals surface area contributed by atoms with Crippen LogP contribution < -0.4 is 5.32 Å². The summed E-state index contributed by atoms with van der Waals surface area (Å²) < 4.78 is 23.7. The van der Waals surface area contributed by atoms with Crippen molar-refractivity contribution in [2.45, 2.75) is 19.6 Å². The molecule has 1 saturated heterocycles. The lowest BCUT2D eigenvalue weighted by Gasteiger charge is -2.29. The average Bonchev–Trinajstić information content (AvgIpc) is 2.42. The van der Waals surface area contributed by atoms with Crippen molar-refractivity contribution in [3.05, 3.63) is 38.7 Å². The van der Waals surface area contributed by atoms with Gasteiger partial charge in [0.25, 0.3) is 5.79 Å². The van der Waals surface area contributed by atoms with Crippen LogP contribution in [0.1, 0.15) is 19.4 Å². The third-order valence-corrected chi connectivity index (χ3v) is 3.64.